The maximum Gasteiger partial charge on any atom is 0.338 e. The highest BCUT2D eigenvalue weighted by molar-refractivity contribution is 5.91. The van der Waals surface area contributed by atoms with Crippen molar-refractivity contribution in [3.63, 3.8) is 0 Å². The highest BCUT2D eigenvalue weighted by Crippen LogP contribution is 2.19. The van der Waals surface area contributed by atoms with E-state index < -0.39 is 0 Å². The molecule has 18 heavy (non-hydrogen) atoms. The first-order valence-corrected chi connectivity index (χ1v) is 6.64. The Balaban J connectivity index is 3.07. The van der Waals surface area contributed by atoms with Crippen LogP contribution in [0.3, 0.4) is 0 Å². The van der Waals surface area contributed by atoms with E-state index in [1.54, 1.807) is 0 Å². The molecule has 0 aliphatic carbocycles. The average molecular weight is 248 g/mol. The molecule has 1 rings (SSSR count). The minimum Gasteiger partial charge on any atom is -0.465 e. The molecule has 0 heterocycles. The fourth-order valence-electron chi connectivity index (χ4n) is 2.16. The van der Waals surface area contributed by atoms with Gasteiger partial charge in [0.2, 0.25) is 0 Å². The Hall–Kier alpha value is -1.31. The fourth-order valence-corrected chi connectivity index (χ4v) is 2.16. The van der Waals surface area contributed by atoms with Crippen molar-refractivity contribution in [2.75, 3.05) is 7.11 Å². The molecule has 0 unspecified atom stereocenters. The molecule has 2 nitrogen and oxygen atoms in total. The molecule has 0 radical (unpaired) electrons. The normalized spacial score (nSPS) is 11.1. The van der Waals surface area contributed by atoms with Crippen LogP contribution in [-0.4, -0.2) is 13.1 Å². The first-order valence-electron chi connectivity index (χ1n) is 6.64. The van der Waals surface area contributed by atoms with Gasteiger partial charge in [-0.15, -0.1) is 0 Å². The third-order valence-corrected chi connectivity index (χ3v) is 2.85. The summed E-state index contributed by atoms with van der Waals surface area (Å²) in [4.78, 5) is 11.7. The molecule has 0 atom stereocenters. The molecule has 100 valence electrons. The van der Waals surface area contributed by atoms with E-state index in [0.717, 1.165) is 18.4 Å². The van der Waals surface area contributed by atoms with Crippen LogP contribution in [0.2, 0.25) is 0 Å². The van der Waals surface area contributed by atoms with Gasteiger partial charge in [-0.1, -0.05) is 39.8 Å². The zero-order chi connectivity index (χ0) is 13.7. The zero-order valence-corrected chi connectivity index (χ0v) is 12.1. The monoisotopic (exact) mass is 248 g/mol. The second-order valence-corrected chi connectivity index (χ2v) is 5.68. The SMILES string of the molecule is COC(=O)c1ccc(CC(C)C)cc1CC(C)C. The van der Waals surface area contributed by atoms with Crippen molar-refractivity contribution in [1.29, 1.82) is 0 Å². The standard InChI is InChI=1S/C16H24O2/c1-11(2)8-13-6-7-15(16(17)18-5)14(10-13)9-12(3)4/h6-7,10-12H,8-9H2,1-5H3. The topological polar surface area (TPSA) is 26.3 Å². The molecular formula is C16H24O2. The molecule has 0 N–H and O–H groups in total. The third-order valence-electron chi connectivity index (χ3n) is 2.85. The summed E-state index contributed by atoms with van der Waals surface area (Å²) < 4.78 is 4.84. The van der Waals surface area contributed by atoms with Crippen LogP contribution < -0.4 is 0 Å². The van der Waals surface area contributed by atoms with E-state index in [0.29, 0.717) is 17.4 Å². The fraction of sp³-hybridized carbons (Fsp3) is 0.562. The number of ether oxygens (including phenoxy) is 1. The number of hydrogen-bond acceptors (Lipinski definition) is 2. The number of esters is 1. The Bertz CT molecular complexity index is 406. The Labute approximate surface area is 110 Å². The van der Waals surface area contributed by atoms with Gasteiger partial charge in [-0.05, 0) is 41.9 Å². The lowest BCUT2D eigenvalue weighted by Gasteiger charge is -2.13. The Kier molecular flexibility index (Phi) is 5.39. The summed E-state index contributed by atoms with van der Waals surface area (Å²) in [6, 6.07) is 6.10. The Morgan fingerprint density at radius 2 is 1.72 bits per heavy atom. The van der Waals surface area contributed by atoms with Crippen molar-refractivity contribution in [3.05, 3.63) is 34.9 Å². The molecule has 1 aromatic rings. The Morgan fingerprint density at radius 3 is 2.22 bits per heavy atom. The predicted octanol–water partition coefficient (Wildman–Crippen LogP) is 3.87. The van der Waals surface area contributed by atoms with Gasteiger partial charge < -0.3 is 4.74 Å². The lowest BCUT2D eigenvalue weighted by atomic mass is 9.93. The van der Waals surface area contributed by atoms with Crippen molar-refractivity contribution in [2.45, 2.75) is 40.5 Å². The van der Waals surface area contributed by atoms with Crippen LogP contribution in [0.25, 0.3) is 0 Å². The van der Waals surface area contributed by atoms with Crippen LogP contribution in [0.15, 0.2) is 18.2 Å². The van der Waals surface area contributed by atoms with Crippen molar-refractivity contribution in [3.8, 4) is 0 Å². The molecule has 0 bridgehead atoms. The lowest BCUT2D eigenvalue weighted by molar-refractivity contribution is 0.0599. The van der Waals surface area contributed by atoms with E-state index >= 15 is 0 Å². The minimum absolute atomic E-state index is 0.234. The summed E-state index contributed by atoms with van der Waals surface area (Å²) in [6.07, 6.45) is 1.96. The maximum atomic E-state index is 11.7. The highest BCUT2D eigenvalue weighted by atomic mass is 16.5. The summed E-state index contributed by atoms with van der Waals surface area (Å²) in [5.74, 6) is 0.922. The van der Waals surface area contributed by atoms with Gasteiger partial charge in [-0.2, -0.15) is 0 Å². The number of carbonyl (C=O) groups excluding carboxylic acids is 1. The van der Waals surface area contributed by atoms with Gasteiger partial charge in [0.25, 0.3) is 0 Å². The van der Waals surface area contributed by atoms with Gasteiger partial charge in [0.1, 0.15) is 0 Å². The van der Waals surface area contributed by atoms with Crippen LogP contribution >= 0.6 is 0 Å². The highest BCUT2D eigenvalue weighted by Gasteiger charge is 2.13. The van der Waals surface area contributed by atoms with Crippen LogP contribution in [-0.2, 0) is 17.6 Å². The first-order chi connectivity index (χ1) is 8.43. The van der Waals surface area contributed by atoms with Crippen molar-refractivity contribution < 1.29 is 9.53 Å². The number of rotatable bonds is 5. The van der Waals surface area contributed by atoms with Crippen LogP contribution in [0.1, 0.15) is 49.2 Å². The number of methoxy groups -OCH3 is 1. The number of hydrogen-bond donors (Lipinski definition) is 0. The lowest BCUT2D eigenvalue weighted by Crippen LogP contribution is -2.09. The van der Waals surface area contributed by atoms with E-state index in [4.69, 9.17) is 4.74 Å². The molecule has 0 aromatic heterocycles. The molecule has 0 saturated heterocycles. The van der Waals surface area contributed by atoms with E-state index in [1.807, 2.05) is 12.1 Å². The number of carbonyl (C=O) groups is 1. The minimum atomic E-state index is -0.234. The quantitative estimate of drug-likeness (QED) is 0.739. The second-order valence-electron chi connectivity index (χ2n) is 5.68. The van der Waals surface area contributed by atoms with Crippen LogP contribution in [0.4, 0.5) is 0 Å². The molecule has 0 aliphatic heterocycles. The van der Waals surface area contributed by atoms with Gasteiger partial charge in [0.05, 0.1) is 12.7 Å². The molecular weight excluding hydrogens is 224 g/mol. The number of benzene rings is 1. The molecule has 0 aliphatic rings. The van der Waals surface area contributed by atoms with Crippen LogP contribution in [0.5, 0.6) is 0 Å². The largest absolute Gasteiger partial charge is 0.465 e. The molecule has 2 heteroatoms. The summed E-state index contributed by atoms with van der Waals surface area (Å²) in [5.41, 5.74) is 3.11. The van der Waals surface area contributed by atoms with Gasteiger partial charge in [-0.25, -0.2) is 4.79 Å². The van der Waals surface area contributed by atoms with Crippen molar-refractivity contribution >= 4 is 5.97 Å². The van der Waals surface area contributed by atoms with Gasteiger partial charge in [0.15, 0.2) is 0 Å². The van der Waals surface area contributed by atoms with E-state index in [9.17, 15) is 4.79 Å². The maximum absolute atomic E-state index is 11.7. The zero-order valence-electron chi connectivity index (χ0n) is 12.1. The smallest absolute Gasteiger partial charge is 0.338 e. The molecule has 0 saturated carbocycles. The average Bonchev–Trinajstić information content (AvgIpc) is 2.26. The summed E-state index contributed by atoms with van der Waals surface area (Å²) in [5, 5.41) is 0. The molecule has 1 aromatic carbocycles. The Morgan fingerprint density at radius 1 is 1.11 bits per heavy atom. The van der Waals surface area contributed by atoms with Crippen LogP contribution in [0, 0.1) is 11.8 Å². The summed E-state index contributed by atoms with van der Waals surface area (Å²) >= 11 is 0. The summed E-state index contributed by atoms with van der Waals surface area (Å²) in [7, 11) is 1.43. The van der Waals surface area contributed by atoms with Crippen molar-refractivity contribution in [2.24, 2.45) is 11.8 Å². The third kappa shape index (κ3) is 4.17. The molecule has 0 spiro atoms. The van der Waals surface area contributed by atoms with E-state index in [2.05, 4.69) is 33.8 Å². The predicted molar refractivity (Wildman–Crippen MR) is 74.9 cm³/mol. The second kappa shape index (κ2) is 6.58. The first kappa shape index (κ1) is 14.7. The summed E-state index contributed by atoms with van der Waals surface area (Å²) in [6.45, 7) is 8.74. The van der Waals surface area contributed by atoms with Gasteiger partial charge in [0, 0.05) is 0 Å². The van der Waals surface area contributed by atoms with Crippen molar-refractivity contribution in [1.82, 2.24) is 0 Å². The van der Waals surface area contributed by atoms with Gasteiger partial charge in [-0.3, -0.25) is 0 Å². The molecule has 0 amide bonds. The van der Waals surface area contributed by atoms with E-state index in [1.165, 1.54) is 12.7 Å². The van der Waals surface area contributed by atoms with Gasteiger partial charge >= 0.3 is 5.97 Å². The van der Waals surface area contributed by atoms with E-state index in [-0.39, 0.29) is 5.97 Å². The molecule has 0 fully saturated rings.